The van der Waals surface area contributed by atoms with Crippen LogP contribution in [-0.2, 0) is 4.79 Å². The fourth-order valence-electron chi connectivity index (χ4n) is 2.84. The molecule has 0 bridgehead atoms. The fourth-order valence-corrected chi connectivity index (χ4v) is 2.84. The summed E-state index contributed by atoms with van der Waals surface area (Å²) in [6.45, 7) is 3.57. The van der Waals surface area contributed by atoms with Crippen molar-refractivity contribution in [3.8, 4) is 11.5 Å². The zero-order valence-corrected chi connectivity index (χ0v) is 16.5. The molecule has 29 heavy (non-hydrogen) atoms. The highest BCUT2D eigenvalue weighted by Gasteiger charge is 2.07. The predicted octanol–water partition coefficient (Wildman–Crippen LogP) is 3.42. The Balaban J connectivity index is 1.63. The first-order chi connectivity index (χ1) is 14.0. The Hall–Kier alpha value is -3.61. The number of ether oxygens (including phenoxy) is 2. The van der Waals surface area contributed by atoms with E-state index in [1.165, 1.54) is 6.07 Å². The van der Waals surface area contributed by atoms with Crippen LogP contribution in [0.1, 0.15) is 24.5 Å². The van der Waals surface area contributed by atoms with Crippen LogP contribution in [0.15, 0.2) is 62.8 Å². The lowest BCUT2D eigenvalue weighted by atomic mass is 10.1. The van der Waals surface area contributed by atoms with E-state index in [-0.39, 0.29) is 6.61 Å². The van der Waals surface area contributed by atoms with Crippen molar-refractivity contribution in [1.82, 2.24) is 5.43 Å². The molecule has 0 atom stereocenters. The Morgan fingerprint density at radius 2 is 1.83 bits per heavy atom. The van der Waals surface area contributed by atoms with Gasteiger partial charge in [-0.05, 0) is 60.9 Å². The van der Waals surface area contributed by atoms with E-state index in [9.17, 15) is 9.59 Å². The lowest BCUT2D eigenvalue weighted by molar-refractivity contribution is -0.123. The minimum atomic E-state index is -0.426. The summed E-state index contributed by atoms with van der Waals surface area (Å²) in [6, 6.07) is 14.0. The van der Waals surface area contributed by atoms with Crippen molar-refractivity contribution in [3.63, 3.8) is 0 Å². The normalized spacial score (nSPS) is 11.3. The van der Waals surface area contributed by atoms with Gasteiger partial charge in [-0.25, -0.2) is 10.2 Å². The highest BCUT2D eigenvalue weighted by atomic mass is 16.5. The molecule has 0 unspecified atom stereocenters. The number of carbonyl (C=O) groups excluding carboxylic acids is 1. The Morgan fingerprint density at radius 3 is 2.52 bits per heavy atom. The molecule has 0 aliphatic rings. The quantitative estimate of drug-likeness (QED) is 0.377. The Morgan fingerprint density at radius 1 is 1.10 bits per heavy atom. The average Bonchev–Trinajstić information content (AvgIpc) is 2.72. The summed E-state index contributed by atoms with van der Waals surface area (Å²) in [5.41, 5.74) is 4.95. The molecule has 1 N–H and O–H groups in total. The van der Waals surface area contributed by atoms with Gasteiger partial charge in [-0.15, -0.1) is 0 Å². The van der Waals surface area contributed by atoms with Crippen molar-refractivity contribution < 1.29 is 18.7 Å². The molecular formula is C22H22N2O5. The Labute approximate surface area is 167 Å². The van der Waals surface area contributed by atoms with E-state index in [1.54, 1.807) is 25.3 Å². The van der Waals surface area contributed by atoms with Crippen molar-refractivity contribution in [2.75, 3.05) is 13.7 Å². The number of rotatable bonds is 7. The topological polar surface area (TPSA) is 90.1 Å². The number of hydrogen-bond acceptors (Lipinski definition) is 6. The molecule has 0 aliphatic carbocycles. The maximum Gasteiger partial charge on any atom is 0.336 e. The van der Waals surface area contributed by atoms with Crippen LogP contribution in [0.3, 0.4) is 0 Å². The van der Waals surface area contributed by atoms with Crippen LogP contribution >= 0.6 is 0 Å². The van der Waals surface area contributed by atoms with Crippen LogP contribution in [0.5, 0.6) is 11.5 Å². The van der Waals surface area contributed by atoms with Gasteiger partial charge in [0.25, 0.3) is 5.91 Å². The molecule has 1 aromatic heterocycles. The van der Waals surface area contributed by atoms with E-state index < -0.39 is 11.5 Å². The molecular weight excluding hydrogens is 372 g/mol. The van der Waals surface area contributed by atoms with Crippen molar-refractivity contribution in [2.24, 2.45) is 5.10 Å². The summed E-state index contributed by atoms with van der Waals surface area (Å²) in [7, 11) is 1.61. The van der Waals surface area contributed by atoms with Crippen molar-refractivity contribution in [3.05, 3.63) is 70.1 Å². The summed E-state index contributed by atoms with van der Waals surface area (Å²) < 4.78 is 15.8. The van der Waals surface area contributed by atoms with Gasteiger partial charge in [0.15, 0.2) is 6.61 Å². The molecule has 7 heteroatoms. The summed E-state index contributed by atoms with van der Waals surface area (Å²) >= 11 is 0. The standard InChI is InChI=1S/C22H22N2O5/c1-4-19(15-5-7-16(27-3)8-6-15)23-24-21(25)13-28-17-9-10-18-14(2)11-22(26)29-20(18)12-17/h5-12H,4,13H2,1-3H3,(H,24,25)/b23-19-. The molecule has 0 spiro atoms. The first-order valence-corrected chi connectivity index (χ1v) is 9.17. The fraction of sp³-hybridized carbons (Fsp3) is 0.227. The number of nitrogens with one attached hydrogen (secondary N) is 1. The third-order valence-corrected chi connectivity index (χ3v) is 4.37. The second-order valence-corrected chi connectivity index (χ2v) is 6.37. The van der Waals surface area contributed by atoms with E-state index >= 15 is 0 Å². The summed E-state index contributed by atoms with van der Waals surface area (Å²) in [5.74, 6) is 0.787. The minimum absolute atomic E-state index is 0.218. The lowest BCUT2D eigenvalue weighted by Gasteiger charge is -2.08. The molecule has 0 saturated carbocycles. The smallest absolute Gasteiger partial charge is 0.336 e. The van der Waals surface area contributed by atoms with Crippen molar-refractivity contribution >= 4 is 22.6 Å². The third kappa shape index (κ3) is 5.01. The van der Waals surface area contributed by atoms with Crippen LogP contribution in [0.2, 0.25) is 0 Å². The van der Waals surface area contributed by atoms with Crippen LogP contribution < -0.4 is 20.5 Å². The molecule has 0 aliphatic heterocycles. The number of carbonyl (C=O) groups is 1. The predicted molar refractivity (Wildman–Crippen MR) is 111 cm³/mol. The van der Waals surface area contributed by atoms with Crippen LogP contribution in [-0.4, -0.2) is 25.3 Å². The molecule has 0 radical (unpaired) electrons. The largest absolute Gasteiger partial charge is 0.497 e. The van der Waals surface area contributed by atoms with Crippen LogP contribution in [0.25, 0.3) is 11.0 Å². The van der Waals surface area contributed by atoms with Gasteiger partial charge in [0.2, 0.25) is 0 Å². The highest BCUT2D eigenvalue weighted by molar-refractivity contribution is 6.01. The summed E-state index contributed by atoms with van der Waals surface area (Å²) in [5, 5.41) is 5.01. The number of fused-ring (bicyclic) bond motifs is 1. The van der Waals surface area contributed by atoms with E-state index in [0.717, 1.165) is 28.0 Å². The van der Waals surface area contributed by atoms with Gasteiger partial charge < -0.3 is 13.9 Å². The first kappa shape index (κ1) is 20.1. The maximum atomic E-state index is 12.1. The molecule has 1 amide bonds. The van der Waals surface area contributed by atoms with Gasteiger partial charge >= 0.3 is 5.63 Å². The Bertz CT molecular complexity index is 1100. The number of amides is 1. The zero-order valence-electron chi connectivity index (χ0n) is 16.5. The second-order valence-electron chi connectivity index (χ2n) is 6.37. The minimum Gasteiger partial charge on any atom is -0.497 e. The monoisotopic (exact) mass is 394 g/mol. The number of methoxy groups -OCH3 is 1. The molecule has 0 saturated heterocycles. The first-order valence-electron chi connectivity index (χ1n) is 9.17. The lowest BCUT2D eigenvalue weighted by Crippen LogP contribution is -2.26. The molecule has 0 fully saturated rings. The SMILES string of the molecule is CC/C(=N/NC(=O)COc1ccc2c(C)cc(=O)oc2c1)c1ccc(OC)cc1. The average molecular weight is 394 g/mol. The Kier molecular flexibility index (Phi) is 6.29. The second kappa shape index (κ2) is 9.05. The molecule has 3 aromatic rings. The molecule has 7 nitrogen and oxygen atoms in total. The van der Waals surface area contributed by atoms with Crippen LogP contribution in [0.4, 0.5) is 0 Å². The number of hydrogen-bond donors (Lipinski definition) is 1. The van der Waals surface area contributed by atoms with E-state index in [1.807, 2.05) is 38.1 Å². The summed E-state index contributed by atoms with van der Waals surface area (Å²) in [4.78, 5) is 23.6. The van der Waals surface area contributed by atoms with Gasteiger partial charge in [-0.2, -0.15) is 5.10 Å². The van der Waals surface area contributed by atoms with Gasteiger partial charge in [-0.1, -0.05) is 6.92 Å². The van der Waals surface area contributed by atoms with Crippen molar-refractivity contribution in [2.45, 2.75) is 20.3 Å². The maximum absolute atomic E-state index is 12.1. The summed E-state index contributed by atoms with van der Waals surface area (Å²) in [6.07, 6.45) is 0.649. The van der Waals surface area contributed by atoms with Gasteiger partial charge in [0.1, 0.15) is 17.1 Å². The number of aryl methyl sites for hydroxylation is 1. The van der Waals surface area contributed by atoms with E-state index in [4.69, 9.17) is 13.9 Å². The molecule has 1 heterocycles. The highest BCUT2D eigenvalue weighted by Crippen LogP contribution is 2.22. The van der Waals surface area contributed by atoms with Crippen LogP contribution in [0, 0.1) is 6.92 Å². The third-order valence-electron chi connectivity index (χ3n) is 4.37. The number of hydrazone groups is 1. The number of nitrogens with zero attached hydrogens (tertiary/aromatic N) is 1. The van der Waals surface area contributed by atoms with Gasteiger partial charge in [0.05, 0.1) is 12.8 Å². The molecule has 150 valence electrons. The molecule has 3 rings (SSSR count). The van der Waals surface area contributed by atoms with E-state index in [0.29, 0.717) is 17.8 Å². The van der Waals surface area contributed by atoms with Gasteiger partial charge in [0, 0.05) is 17.5 Å². The van der Waals surface area contributed by atoms with Crippen molar-refractivity contribution in [1.29, 1.82) is 0 Å². The molecule has 2 aromatic carbocycles. The van der Waals surface area contributed by atoms with Gasteiger partial charge in [-0.3, -0.25) is 4.79 Å². The zero-order chi connectivity index (χ0) is 20.8. The number of benzene rings is 2. The van der Waals surface area contributed by atoms with E-state index in [2.05, 4.69) is 10.5 Å².